The van der Waals surface area contributed by atoms with Gasteiger partial charge in [-0.15, -0.1) is 0 Å². The van der Waals surface area contributed by atoms with Gasteiger partial charge < -0.3 is 15.6 Å². The maximum atomic E-state index is 8.97. The van der Waals surface area contributed by atoms with Crippen molar-refractivity contribution in [2.45, 2.75) is 5.60 Å². The largest absolute Gasteiger partial charge is 0.384 e. The van der Waals surface area contributed by atoms with Crippen molar-refractivity contribution in [3.05, 3.63) is 0 Å². The zero-order valence-electron chi connectivity index (χ0n) is 4.05. The average Bonchev–Trinajstić information content (AvgIpc) is 1.61. The minimum Gasteiger partial charge on any atom is -0.384 e. The van der Waals surface area contributed by atoms with Crippen molar-refractivity contribution in [1.82, 2.24) is 0 Å². The van der Waals surface area contributed by atoms with Gasteiger partial charge in [-0.25, -0.2) is 0 Å². The van der Waals surface area contributed by atoms with E-state index in [9.17, 15) is 0 Å². The standard InChI is InChI=1S/C4H9NO2/c5-1-4(6)2-7-3-4/h6H,1-3,5H2. The molecule has 0 aliphatic carbocycles. The second-order valence-corrected chi connectivity index (χ2v) is 1.92. The molecule has 3 N–H and O–H groups in total. The monoisotopic (exact) mass is 103 g/mol. The van der Waals surface area contributed by atoms with Gasteiger partial charge in [-0.2, -0.15) is 0 Å². The lowest BCUT2D eigenvalue weighted by Crippen LogP contribution is -2.54. The Morgan fingerprint density at radius 1 is 1.71 bits per heavy atom. The van der Waals surface area contributed by atoms with Crippen molar-refractivity contribution in [3.8, 4) is 0 Å². The van der Waals surface area contributed by atoms with Gasteiger partial charge >= 0.3 is 0 Å². The Bertz CT molecular complexity index is 64.6. The summed E-state index contributed by atoms with van der Waals surface area (Å²) in [5.74, 6) is 0. The molecule has 0 aromatic carbocycles. The van der Waals surface area contributed by atoms with Gasteiger partial charge in [0.05, 0.1) is 13.2 Å². The lowest BCUT2D eigenvalue weighted by Gasteiger charge is -2.34. The van der Waals surface area contributed by atoms with E-state index in [2.05, 4.69) is 0 Å². The molecule has 42 valence electrons. The Hall–Kier alpha value is -0.120. The summed E-state index contributed by atoms with van der Waals surface area (Å²) in [6, 6.07) is 0. The van der Waals surface area contributed by atoms with E-state index in [1.165, 1.54) is 0 Å². The first-order valence-electron chi connectivity index (χ1n) is 2.27. The van der Waals surface area contributed by atoms with E-state index < -0.39 is 5.60 Å². The predicted molar refractivity (Wildman–Crippen MR) is 24.8 cm³/mol. The van der Waals surface area contributed by atoms with Crippen LogP contribution < -0.4 is 5.73 Å². The number of aliphatic hydroxyl groups is 1. The number of rotatable bonds is 1. The van der Waals surface area contributed by atoms with Gasteiger partial charge in [0.2, 0.25) is 0 Å². The summed E-state index contributed by atoms with van der Waals surface area (Å²) < 4.78 is 4.70. The molecule has 1 fully saturated rings. The highest BCUT2D eigenvalue weighted by atomic mass is 16.5. The molecule has 0 aromatic rings. The molecule has 3 heteroatoms. The van der Waals surface area contributed by atoms with Crippen LogP contribution >= 0.6 is 0 Å². The van der Waals surface area contributed by atoms with Crippen LogP contribution in [0.3, 0.4) is 0 Å². The summed E-state index contributed by atoms with van der Waals surface area (Å²) in [6.45, 7) is 1.12. The molecule has 0 aromatic heterocycles. The highest BCUT2D eigenvalue weighted by molar-refractivity contribution is 4.85. The highest BCUT2D eigenvalue weighted by Crippen LogP contribution is 2.13. The fraction of sp³-hybridized carbons (Fsp3) is 1.00. The quantitative estimate of drug-likeness (QED) is 0.434. The lowest BCUT2D eigenvalue weighted by atomic mass is 10.0. The molecule has 3 nitrogen and oxygen atoms in total. The average molecular weight is 103 g/mol. The van der Waals surface area contributed by atoms with Crippen LogP contribution in [-0.4, -0.2) is 30.5 Å². The van der Waals surface area contributed by atoms with Crippen molar-refractivity contribution in [1.29, 1.82) is 0 Å². The number of hydrogen-bond acceptors (Lipinski definition) is 3. The maximum Gasteiger partial charge on any atom is 0.123 e. The van der Waals surface area contributed by atoms with Crippen LogP contribution in [0, 0.1) is 0 Å². The van der Waals surface area contributed by atoms with Gasteiger partial charge in [-0.3, -0.25) is 0 Å². The Balaban J connectivity index is 2.29. The Morgan fingerprint density at radius 2 is 2.29 bits per heavy atom. The number of hydrogen-bond donors (Lipinski definition) is 2. The first-order chi connectivity index (χ1) is 3.27. The third-order valence-corrected chi connectivity index (χ3v) is 1.12. The predicted octanol–water partition coefficient (Wildman–Crippen LogP) is -1.29. The second-order valence-electron chi connectivity index (χ2n) is 1.92. The van der Waals surface area contributed by atoms with E-state index >= 15 is 0 Å². The molecule has 1 heterocycles. The van der Waals surface area contributed by atoms with Crippen LogP contribution in [0.25, 0.3) is 0 Å². The Morgan fingerprint density at radius 3 is 2.29 bits per heavy atom. The van der Waals surface area contributed by atoms with Crippen molar-refractivity contribution in [2.24, 2.45) is 5.73 Å². The van der Waals surface area contributed by atoms with Crippen LogP contribution in [0.5, 0.6) is 0 Å². The molecule has 0 amide bonds. The van der Waals surface area contributed by atoms with E-state index in [-0.39, 0.29) is 0 Å². The minimum atomic E-state index is -0.681. The molecule has 7 heavy (non-hydrogen) atoms. The molecule has 0 saturated carbocycles. The second kappa shape index (κ2) is 1.43. The van der Waals surface area contributed by atoms with Crippen molar-refractivity contribution >= 4 is 0 Å². The summed E-state index contributed by atoms with van der Waals surface area (Å²) in [7, 11) is 0. The molecular weight excluding hydrogens is 94.0 g/mol. The molecule has 0 radical (unpaired) electrons. The smallest absolute Gasteiger partial charge is 0.123 e. The molecule has 0 atom stereocenters. The molecule has 0 unspecified atom stereocenters. The zero-order chi connectivity index (χ0) is 5.33. The van der Waals surface area contributed by atoms with Crippen LogP contribution in [0.15, 0.2) is 0 Å². The van der Waals surface area contributed by atoms with Crippen molar-refractivity contribution < 1.29 is 9.84 Å². The topological polar surface area (TPSA) is 55.5 Å². The summed E-state index contributed by atoms with van der Waals surface area (Å²) in [5.41, 5.74) is 4.46. The summed E-state index contributed by atoms with van der Waals surface area (Å²) >= 11 is 0. The van der Waals surface area contributed by atoms with Crippen molar-refractivity contribution in [2.75, 3.05) is 19.8 Å². The van der Waals surface area contributed by atoms with Crippen LogP contribution in [0.1, 0.15) is 0 Å². The normalized spacial score (nSPS) is 26.6. The van der Waals surface area contributed by atoms with Gasteiger partial charge in [-0.1, -0.05) is 0 Å². The van der Waals surface area contributed by atoms with E-state index in [1.54, 1.807) is 0 Å². The molecular formula is C4H9NO2. The van der Waals surface area contributed by atoms with E-state index in [4.69, 9.17) is 15.6 Å². The molecule has 1 aliphatic heterocycles. The fourth-order valence-electron chi connectivity index (χ4n) is 0.456. The van der Waals surface area contributed by atoms with Gasteiger partial charge in [0, 0.05) is 6.54 Å². The van der Waals surface area contributed by atoms with Gasteiger partial charge in [-0.05, 0) is 0 Å². The van der Waals surface area contributed by atoms with Gasteiger partial charge in [0.15, 0.2) is 0 Å². The first-order valence-corrected chi connectivity index (χ1v) is 2.27. The van der Waals surface area contributed by atoms with E-state index in [0.717, 1.165) is 0 Å². The Labute approximate surface area is 42.1 Å². The number of ether oxygens (including phenoxy) is 1. The summed E-state index contributed by atoms with van der Waals surface area (Å²) in [5, 5.41) is 8.97. The summed E-state index contributed by atoms with van der Waals surface area (Å²) in [6.07, 6.45) is 0. The summed E-state index contributed by atoms with van der Waals surface area (Å²) in [4.78, 5) is 0. The van der Waals surface area contributed by atoms with Crippen LogP contribution in [-0.2, 0) is 4.74 Å². The van der Waals surface area contributed by atoms with Crippen LogP contribution in [0.2, 0.25) is 0 Å². The van der Waals surface area contributed by atoms with Crippen LogP contribution in [0.4, 0.5) is 0 Å². The van der Waals surface area contributed by atoms with Gasteiger partial charge in [0.25, 0.3) is 0 Å². The minimum absolute atomic E-state index is 0.312. The lowest BCUT2D eigenvalue weighted by molar-refractivity contribution is -0.171. The van der Waals surface area contributed by atoms with E-state index in [0.29, 0.717) is 19.8 Å². The Kier molecular flexibility index (Phi) is 1.03. The highest BCUT2D eigenvalue weighted by Gasteiger charge is 2.33. The van der Waals surface area contributed by atoms with Crippen molar-refractivity contribution in [3.63, 3.8) is 0 Å². The fourth-order valence-corrected chi connectivity index (χ4v) is 0.456. The molecule has 1 rings (SSSR count). The molecule has 0 spiro atoms. The van der Waals surface area contributed by atoms with E-state index in [1.807, 2.05) is 0 Å². The first kappa shape index (κ1) is 5.03. The maximum absolute atomic E-state index is 8.97. The molecule has 1 saturated heterocycles. The molecule has 0 bridgehead atoms. The van der Waals surface area contributed by atoms with Gasteiger partial charge in [0.1, 0.15) is 5.60 Å². The third-order valence-electron chi connectivity index (χ3n) is 1.12. The zero-order valence-corrected chi connectivity index (χ0v) is 4.05. The number of nitrogens with two attached hydrogens (primary N) is 1. The SMILES string of the molecule is NCC1(O)COC1. The third kappa shape index (κ3) is 0.748. The molecule has 1 aliphatic rings.